The van der Waals surface area contributed by atoms with Gasteiger partial charge in [0.1, 0.15) is 11.6 Å². The van der Waals surface area contributed by atoms with Gasteiger partial charge in [-0.25, -0.2) is 4.79 Å². The number of amides is 2. The molecule has 0 spiro atoms. The van der Waals surface area contributed by atoms with Crippen molar-refractivity contribution in [2.45, 2.75) is 33.2 Å². The van der Waals surface area contributed by atoms with E-state index in [-0.39, 0.29) is 5.02 Å². The smallest absolute Gasteiger partial charge is 0.320 e. The maximum Gasteiger partial charge on any atom is 0.320 e. The van der Waals surface area contributed by atoms with Crippen molar-refractivity contribution in [3.63, 3.8) is 0 Å². The molecule has 1 aromatic carbocycles. The average Bonchev–Trinajstić information content (AvgIpc) is 2.40. The lowest BCUT2D eigenvalue weighted by Crippen LogP contribution is -2.44. The lowest BCUT2D eigenvalue weighted by atomic mass is 10.1. The summed E-state index contributed by atoms with van der Waals surface area (Å²) in [6, 6.07) is 7.89. The number of hydrogen-bond acceptors (Lipinski definition) is 3. The van der Waals surface area contributed by atoms with Crippen molar-refractivity contribution >= 4 is 23.3 Å². The molecule has 0 unspecified atom stereocenters. The maximum atomic E-state index is 11.6. The van der Waals surface area contributed by atoms with E-state index < -0.39 is 11.6 Å². The van der Waals surface area contributed by atoms with E-state index >= 15 is 0 Å². The number of urea groups is 1. The first-order chi connectivity index (χ1) is 9.38. The third-order valence-electron chi connectivity index (χ3n) is 2.05. The maximum absolute atomic E-state index is 11.6. The van der Waals surface area contributed by atoms with Gasteiger partial charge < -0.3 is 10.6 Å². The molecule has 0 saturated heterocycles. The molecule has 6 heteroatoms. The molecule has 2 N–H and O–H groups in total. The van der Waals surface area contributed by atoms with Crippen LogP contribution >= 0.6 is 11.6 Å². The predicted molar refractivity (Wildman–Crippen MR) is 79.4 cm³/mol. The van der Waals surface area contributed by atoms with Crippen molar-refractivity contribution in [2.75, 3.05) is 5.32 Å². The number of carbonyl (C=O) groups is 1. The topological polar surface area (TPSA) is 88.7 Å². The highest BCUT2D eigenvalue weighted by atomic mass is 35.5. The van der Waals surface area contributed by atoms with Crippen LogP contribution in [0.15, 0.2) is 18.2 Å². The zero-order chi connectivity index (χ0) is 15.8. The Morgan fingerprint density at radius 1 is 1.30 bits per heavy atom. The summed E-state index contributed by atoms with van der Waals surface area (Å²) in [5.41, 5.74) is -0.175. The molecule has 20 heavy (non-hydrogen) atoms. The monoisotopic (exact) mass is 292 g/mol. The zero-order valence-electron chi connectivity index (χ0n) is 11.9. The second kappa shape index (κ2) is 8.04. The van der Waals surface area contributed by atoms with Crippen LogP contribution in [0.3, 0.4) is 0 Å². The first-order valence-corrected chi connectivity index (χ1v) is 6.46. The van der Waals surface area contributed by atoms with Gasteiger partial charge in [-0.15, -0.1) is 0 Å². The molecule has 2 amide bonds. The van der Waals surface area contributed by atoms with Crippen LogP contribution in [0.4, 0.5) is 10.5 Å². The fraction of sp³-hybridized carbons (Fsp3) is 0.357. The predicted octanol–water partition coefficient (Wildman–Crippen LogP) is 3.66. The van der Waals surface area contributed by atoms with Crippen LogP contribution in [0, 0.1) is 22.7 Å². The zero-order valence-corrected chi connectivity index (χ0v) is 12.7. The van der Waals surface area contributed by atoms with E-state index in [9.17, 15) is 4.79 Å². The van der Waals surface area contributed by atoms with Crippen molar-refractivity contribution < 1.29 is 4.79 Å². The van der Waals surface area contributed by atoms with Crippen LogP contribution < -0.4 is 10.6 Å². The molecule has 0 radical (unpaired) electrons. The highest BCUT2D eigenvalue weighted by Crippen LogP contribution is 2.20. The molecule has 1 aromatic rings. The molecule has 0 heterocycles. The number of anilines is 1. The van der Waals surface area contributed by atoms with Gasteiger partial charge in [-0.3, -0.25) is 0 Å². The minimum absolute atomic E-state index is 0.259. The number of hydrogen-bond donors (Lipinski definition) is 2. The summed E-state index contributed by atoms with van der Waals surface area (Å²) in [5, 5.41) is 22.7. The van der Waals surface area contributed by atoms with Crippen LogP contribution in [0.2, 0.25) is 5.02 Å². The molecule has 0 saturated carbocycles. The molecular weight excluding hydrogens is 276 g/mol. The number of carbonyl (C=O) groups excluding carboxylic acids is 1. The van der Waals surface area contributed by atoms with E-state index in [1.807, 2.05) is 26.0 Å². The molecule has 0 aliphatic carbocycles. The Morgan fingerprint density at radius 3 is 2.35 bits per heavy atom. The van der Waals surface area contributed by atoms with E-state index in [0.717, 1.165) is 0 Å². The summed E-state index contributed by atoms with van der Waals surface area (Å²) >= 11 is 5.83. The first-order valence-electron chi connectivity index (χ1n) is 6.08. The van der Waals surface area contributed by atoms with Gasteiger partial charge in [0.2, 0.25) is 0 Å². The number of nitrogens with one attached hydrogen (secondary N) is 2. The van der Waals surface area contributed by atoms with Crippen molar-refractivity contribution in [2.24, 2.45) is 0 Å². The lowest BCUT2D eigenvalue weighted by Gasteiger charge is -2.17. The molecule has 0 fully saturated rings. The summed E-state index contributed by atoms with van der Waals surface area (Å²) in [7, 11) is 0. The largest absolute Gasteiger partial charge is 0.320 e. The van der Waals surface area contributed by atoms with Crippen LogP contribution in [0.1, 0.15) is 33.3 Å². The van der Waals surface area contributed by atoms with E-state index in [0.29, 0.717) is 11.3 Å². The third kappa shape index (κ3) is 5.60. The Balaban J connectivity index is 0.00000172. The summed E-state index contributed by atoms with van der Waals surface area (Å²) in [6.45, 7) is 7.16. The summed E-state index contributed by atoms with van der Waals surface area (Å²) in [5.74, 6) is 0. The minimum Gasteiger partial charge on any atom is -0.320 e. The Bertz CT molecular complexity index is 555. The molecule has 0 atom stereocenters. The van der Waals surface area contributed by atoms with Crippen LogP contribution in [-0.2, 0) is 0 Å². The fourth-order valence-corrected chi connectivity index (χ4v) is 1.38. The Kier molecular flexibility index (Phi) is 7.14. The minimum atomic E-state index is -0.958. The van der Waals surface area contributed by atoms with Crippen molar-refractivity contribution in [1.29, 1.82) is 10.5 Å². The van der Waals surface area contributed by atoms with Crippen molar-refractivity contribution in [3.8, 4) is 12.1 Å². The number of nitrogens with zero attached hydrogens (tertiary/aromatic N) is 2. The van der Waals surface area contributed by atoms with Crippen molar-refractivity contribution in [1.82, 2.24) is 5.32 Å². The van der Waals surface area contributed by atoms with Crippen LogP contribution in [0.5, 0.6) is 0 Å². The molecule has 0 bridgehead atoms. The third-order valence-corrected chi connectivity index (χ3v) is 2.37. The van der Waals surface area contributed by atoms with Gasteiger partial charge in [-0.2, -0.15) is 10.5 Å². The Morgan fingerprint density at radius 2 is 1.90 bits per heavy atom. The van der Waals surface area contributed by atoms with E-state index in [1.165, 1.54) is 12.1 Å². The fourth-order valence-electron chi connectivity index (χ4n) is 1.16. The van der Waals surface area contributed by atoms with E-state index in [4.69, 9.17) is 22.1 Å². The number of benzene rings is 1. The average molecular weight is 293 g/mol. The standard InChI is InChI=1S/C12H11ClN4O.C2H6/c1-12(2,7-15)17-11(18)16-9-4-3-8(6-14)10(13)5-9;1-2/h3-5H,1-2H3,(H2,16,17,18);1-2H3. The first kappa shape index (κ1) is 17.8. The Labute approximate surface area is 124 Å². The van der Waals surface area contributed by atoms with Crippen molar-refractivity contribution in [3.05, 3.63) is 28.8 Å². The second-order valence-electron chi connectivity index (χ2n) is 4.12. The van der Waals surface area contributed by atoms with Gasteiger partial charge in [0.05, 0.1) is 16.7 Å². The van der Waals surface area contributed by atoms with Gasteiger partial charge in [-0.1, -0.05) is 25.4 Å². The summed E-state index contributed by atoms with van der Waals surface area (Å²) in [6.07, 6.45) is 0. The Hall–Kier alpha value is -2.24. The number of rotatable bonds is 2. The SMILES string of the molecule is CC.CC(C)(C#N)NC(=O)Nc1ccc(C#N)c(Cl)c1. The number of halogens is 1. The second-order valence-corrected chi connectivity index (χ2v) is 4.53. The molecular formula is C14H17ClN4O. The molecule has 0 aliphatic rings. The summed E-state index contributed by atoms with van der Waals surface area (Å²) < 4.78 is 0. The van der Waals surface area contributed by atoms with Crippen LogP contribution in [0.25, 0.3) is 0 Å². The van der Waals surface area contributed by atoms with E-state index in [1.54, 1.807) is 19.9 Å². The summed E-state index contributed by atoms with van der Waals surface area (Å²) in [4.78, 5) is 11.6. The normalized spacial score (nSPS) is 9.35. The van der Waals surface area contributed by atoms with Gasteiger partial charge in [0.25, 0.3) is 0 Å². The van der Waals surface area contributed by atoms with Gasteiger partial charge >= 0.3 is 6.03 Å². The molecule has 5 nitrogen and oxygen atoms in total. The number of nitriles is 2. The highest BCUT2D eigenvalue weighted by molar-refractivity contribution is 6.32. The lowest BCUT2D eigenvalue weighted by molar-refractivity contribution is 0.246. The molecule has 106 valence electrons. The molecule has 0 aromatic heterocycles. The van der Waals surface area contributed by atoms with Gasteiger partial charge in [0, 0.05) is 5.69 Å². The highest BCUT2D eigenvalue weighted by Gasteiger charge is 2.19. The molecule has 0 aliphatic heterocycles. The quantitative estimate of drug-likeness (QED) is 0.871. The van der Waals surface area contributed by atoms with Gasteiger partial charge in [-0.05, 0) is 32.0 Å². The molecule has 1 rings (SSSR count). The van der Waals surface area contributed by atoms with E-state index in [2.05, 4.69) is 10.6 Å². The van der Waals surface area contributed by atoms with Crippen LogP contribution in [-0.4, -0.2) is 11.6 Å². The van der Waals surface area contributed by atoms with Gasteiger partial charge in [0.15, 0.2) is 0 Å².